The lowest BCUT2D eigenvalue weighted by Crippen LogP contribution is -2.38. The van der Waals surface area contributed by atoms with E-state index in [0.717, 1.165) is 17.1 Å². The summed E-state index contributed by atoms with van der Waals surface area (Å²) in [6, 6.07) is 10.0. The molecule has 6 nitrogen and oxygen atoms in total. The summed E-state index contributed by atoms with van der Waals surface area (Å²) in [6.45, 7) is 5.67. The smallest absolute Gasteiger partial charge is 0.229 e. The van der Waals surface area contributed by atoms with Gasteiger partial charge in [-0.15, -0.1) is 0 Å². The SMILES string of the molecule is Cc1cccc(CNC(=O)CCCN2C(=O)CCn3nc(C)cc32)c1. The number of carbonyl (C=O) groups excluding carboxylic acids is 2. The van der Waals surface area contributed by atoms with Gasteiger partial charge in [-0.1, -0.05) is 29.8 Å². The average molecular weight is 340 g/mol. The Morgan fingerprint density at radius 2 is 2.12 bits per heavy atom. The third kappa shape index (κ3) is 4.26. The van der Waals surface area contributed by atoms with Crippen molar-refractivity contribution in [3.05, 3.63) is 47.2 Å². The standard InChI is InChI=1S/C19H24N4O2/c1-14-5-3-6-16(11-14)13-20-17(24)7-4-9-22-18-12-15(2)21-23(18)10-8-19(22)25/h3,5-6,11-12H,4,7-10,13H2,1-2H3,(H,20,24). The van der Waals surface area contributed by atoms with Crippen LogP contribution in [0.5, 0.6) is 0 Å². The zero-order chi connectivity index (χ0) is 17.8. The minimum absolute atomic E-state index is 0.00986. The number of nitrogens with one attached hydrogen (secondary N) is 1. The van der Waals surface area contributed by atoms with Crippen molar-refractivity contribution in [2.75, 3.05) is 11.4 Å². The molecule has 0 atom stereocenters. The maximum atomic E-state index is 12.2. The fraction of sp³-hybridized carbons (Fsp3) is 0.421. The Bertz CT molecular complexity index is 781. The summed E-state index contributed by atoms with van der Waals surface area (Å²) in [6.07, 6.45) is 1.51. The molecule has 25 heavy (non-hydrogen) atoms. The van der Waals surface area contributed by atoms with Crippen LogP contribution < -0.4 is 10.2 Å². The largest absolute Gasteiger partial charge is 0.352 e. The molecule has 6 heteroatoms. The Kier molecular flexibility index (Phi) is 5.16. The van der Waals surface area contributed by atoms with Gasteiger partial charge in [-0.3, -0.25) is 14.5 Å². The minimum Gasteiger partial charge on any atom is -0.352 e. The van der Waals surface area contributed by atoms with Gasteiger partial charge in [0.2, 0.25) is 11.8 Å². The monoisotopic (exact) mass is 340 g/mol. The molecular formula is C19H24N4O2. The number of fused-ring (bicyclic) bond motifs is 1. The number of aryl methyl sites for hydroxylation is 3. The third-order valence-corrected chi connectivity index (χ3v) is 4.35. The number of benzene rings is 1. The van der Waals surface area contributed by atoms with E-state index in [4.69, 9.17) is 0 Å². The van der Waals surface area contributed by atoms with Gasteiger partial charge >= 0.3 is 0 Å². The van der Waals surface area contributed by atoms with Crippen LogP contribution in [-0.2, 0) is 22.7 Å². The lowest BCUT2D eigenvalue weighted by Gasteiger charge is -2.27. The molecule has 0 fully saturated rings. The van der Waals surface area contributed by atoms with Gasteiger partial charge in [-0.05, 0) is 25.8 Å². The van der Waals surface area contributed by atoms with E-state index in [1.807, 2.05) is 42.8 Å². The maximum absolute atomic E-state index is 12.2. The van der Waals surface area contributed by atoms with Crippen LogP contribution in [0, 0.1) is 13.8 Å². The van der Waals surface area contributed by atoms with Crippen molar-refractivity contribution in [2.24, 2.45) is 0 Å². The Morgan fingerprint density at radius 3 is 2.92 bits per heavy atom. The van der Waals surface area contributed by atoms with Crippen LogP contribution >= 0.6 is 0 Å². The highest BCUT2D eigenvalue weighted by molar-refractivity contribution is 5.93. The predicted molar refractivity (Wildman–Crippen MR) is 96.2 cm³/mol. The number of carbonyl (C=O) groups is 2. The molecule has 2 aromatic rings. The van der Waals surface area contributed by atoms with E-state index in [1.54, 1.807) is 4.90 Å². The van der Waals surface area contributed by atoms with E-state index >= 15 is 0 Å². The number of hydrogen-bond donors (Lipinski definition) is 1. The summed E-state index contributed by atoms with van der Waals surface area (Å²) in [5, 5.41) is 7.33. The molecule has 2 amide bonds. The molecular weight excluding hydrogens is 316 g/mol. The Labute approximate surface area is 147 Å². The molecule has 3 rings (SSSR count). The van der Waals surface area contributed by atoms with Crippen molar-refractivity contribution in [1.29, 1.82) is 0 Å². The highest BCUT2D eigenvalue weighted by atomic mass is 16.2. The Hall–Kier alpha value is -2.63. The van der Waals surface area contributed by atoms with Crippen LogP contribution in [0.4, 0.5) is 5.82 Å². The molecule has 0 radical (unpaired) electrons. The van der Waals surface area contributed by atoms with E-state index in [-0.39, 0.29) is 11.8 Å². The van der Waals surface area contributed by atoms with Crippen LogP contribution in [0.1, 0.15) is 36.1 Å². The predicted octanol–water partition coefficient (Wildman–Crippen LogP) is 2.33. The van der Waals surface area contributed by atoms with Gasteiger partial charge in [0, 0.05) is 32.0 Å². The molecule has 0 saturated heterocycles. The molecule has 1 N–H and O–H groups in total. The summed E-state index contributed by atoms with van der Waals surface area (Å²) < 4.78 is 1.87. The number of amides is 2. The van der Waals surface area contributed by atoms with Crippen molar-refractivity contribution in [3.8, 4) is 0 Å². The molecule has 1 aromatic heterocycles. The summed E-state index contributed by atoms with van der Waals surface area (Å²) in [7, 11) is 0. The molecule has 0 saturated carbocycles. The van der Waals surface area contributed by atoms with Crippen LogP contribution in [0.15, 0.2) is 30.3 Å². The Morgan fingerprint density at radius 1 is 1.28 bits per heavy atom. The summed E-state index contributed by atoms with van der Waals surface area (Å²) in [5.74, 6) is 0.956. The molecule has 132 valence electrons. The summed E-state index contributed by atoms with van der Waals surface area (Å²) >= 11 is 0. The summed E-state index contributed by atoms with van der Waals surface area (Å²) in [4.78, 5) is 26.0. The van der Waals surface area contributed by atoms with E-state index in [9.17, 15) is 9.59 Å². The highest BCUT2D eigenvalue weighted by Gasteiger charge is 2.25. The van der Waals surface area contributed by atoms with E-state index in [2.05, 4.69) is 16.5 Å². The molecule has 0 spiro atoms. The van der Waals surface area contributed by atoms with Gasteiger partial charge < -0.3 is 5.32 Å². The molecule has 1 aliphatic heterocycles. The molecule has 1 aliphatic rings. The number of hydrogen-bond acceptors (Lipinski definition) is 3. The third-order valence-electron chi connectivity index (χ3n) is 4.35. The highest BCUT2D eigenvalue weighted by Crippen LogP contribution is 2.22. The Balaban J connectivity index is 1.47. The lowest BCUT2D eigenvalue weighted by molar-refractivity contribution is -0.122. The quantitative estimate of drug-likeness (QED) is 0.878. The molecule has 1 aromatic carbocycles. The van der Waals surface area contributed by atoms with Crippen molar-refractivity contribution < 1.29 is 9.59 Å². The topological polar surface area (TPSA) is 67.2 Å². The second-order valence-electron chi connectivity index (χ2n) is 6.53. The van der Waals surface area contributed by atoms with E-state index in [1.165, 1.54) is 5.56 Å². The number of aromatic nitrogens is 2. The normalized spacial score (nSPS) is 13.7. The average Bonchev–Trinajstić information content (AvgIpc) is 2.96. The zero-order valence-electron chi connectivity index (χ0n) is 14.8. The number of nitrogens with zero attached hydrogens (tertiary/aromatic N) is 3. The lowest BCUT2D eigenvalue weighted by atomic mass is 10.1. The second-order valence-corrected chi connectivity index (χ2v) is 6.53. The van der Waals surface area contributed by atoms with Gasteiger partial charge in [0.15, 0.2) is 0 Å². The van der Waals surface area contributed by atoms with Crippen molar-refractivity contribution in [1.82, 2.24) is 15.1 Å². The fourth-order valence-corrected chi connectivity index (χ4v) is 3.13. The van der Waals surface area contributed by atoms with Crippen LogP contribution in [0.2, 0.25) is 0 Å². The van der Waals surface area contributed by atoms with Crippen LogP contribution in [0.25, 0.3) is 0 Å². The molecule has 0 unspecified atom stereocenters. The second kappa shape index (κ2) is 7.51. The van der Waals surface area contributed by atoms with Crippen molar-refractivity contribution >= 4 is 17.6 Å². The van der Waals surface area contributed by atoms with E-state index < -0.39 is 0 Å². The van der Waals surface area contributed by atoms with Gasteiger partial charge in [-0.2, -0.15) is 5.10 Å². The molecule has 0 bridgehead atoms. The minimum atomic E-state index is 0.00986. The van der Waals surface area contributed by atoms with Gasteiger partial charge in [-0.25, -0.2) is 4.68 Å². The van der Waals surface area contributed by atoms with E-state index in [0.29, 0.717) is 38.9 Å². The van der Waals surface area contributed by atoms with Gasteiger partial charge in [0.1, 0.15) is 5.82 Å². The zero-order valence-corrected chi connectivity index (χ0v) is 14.8. The molecule has 0 aliphatic carbocycles. The van der Waals surface area contributed by atoms with Crippen LogP contribution in [-0.4, -0.2) is 28.1 Å². The van der Waals surface area contributed by atoms with Gasteiger partial charge in [0.25, 0.3) is 0 Å². The van der Waals surface area contributed by atoms with Crippen LogP contribution in [0.3, 0.4) is 0 Å². The first kappa shape index (κ1) is 17.2. The van der Waals surface area contributed by atoms with Crippen molar-refractivity contribution in [2.45, 2.75) is 46.2 Å². The first-order chi connectivity index (χ1) is 12.0. The fourth-order valence-electron chi connectivity index (χ4n) is 3.13. The summed E-state index contributed by atoms with van der Waals surface area (Å²) in [5.41, 5.74) is 3.19. The first-order valence-corrected chi connectivity index (χ1v) is 8.70. The number of rotatable bonds is 6. The van der Waals surface area contributed by atoms with Crippen molar-refractivity contribution in [3.63, 3.8) is 0 Å². The molecule has 2 heterocycles. The number of anilines is 1. The maximum Gasteiger partial charge on any atom is 0.229 e. The van der Waals surface area contributed by atoms with Gasteiger partial charge in [0.05, 0.1) is 12.2 Å². The first-order valence-electron chi connectivity index (χ1n) is 8.70.